The van der Waals surface area contributed by atoms with Crippen LogP contribution < -0.4 is 10.0 Å². The fourth-order valence-electron chi connectivity index (χ4n) is 2.07. The minimum absolute atomic E-state index is 0.121. The number of nitrogens with zero attached hydrogens (tertiary/aromatic N) is 2. The van der Waals surface area contributed by atoms with Crippen molar-refractivity contribution in [2.45, 2.75) is 11.4 Å². The third-order valence-corrected chi connectivity index (χ3v) is 4.71. The van der Waals surface area contributed by atoms with Gasteiger partial charge in [0.05, 0.1) is 4.90 Å². The second-order valence-corrected chi connectivity index (χ2v) is 6.88. The van der Waals surface area contributed by atoms with E-state index in [9.17, 15) is 12.8 Å². The first-order valence-electron chi connectivity index (χ1n) is 7.43. The number of hydrogen-bond acceptors (Lipinski definition) is 5. The summed E-state index contributed by atoms with van der Waals surface area (Å²) in [7, 11) is -3.69. The average Bonchev–Trinajstić information content (AvgIpc) is 2.63. The molecule has 25 heavy (non-hydrogen) atoms. The van der Waals surface area contributed by atoms with Crippen LogP contribution in [-0.4, -0.2) is 18.6 Å². The third-order valence-electron chi connectivity index (χ3n) is 3.34. The molecule has 0 amide bonds. The number of hydrogen-bond donors (Lipinski definition) is 2. The molecule has 0 atom stereocenters. The zero-order valence-corrected chi connectivity index (χ0v) is 13.9. The van der Waals surface area contributed by atoms with Crippen LogP contribution in [0.25, 0.3) is 0 Å². The molecule has 0 aliphatic heterocycles. The first kappa shape index (κ1) is 16.8. The Hall–Kier alpha value is -3.00. The lowest BCUT2D eigenvalue weighted by Gasteiger charge is -2.08. The van der Waals surface area contributed by atoms with E-state index in [0.29, 0.717) is 12.4 Å². The van der Waals surface area contributed by atoms with Crippen molar-refractivity contribution >= 4 is 21.7 Å². The van der Waals surface area contributed by atoms with Crippen LogP contribution in [0.1, 0.15) is 5.56 Å². The van der Waals surface area contributed by atoms with Crippen LogP contribution in [0.15, 0.2) is 71.6 Å². The van der Waals surface area contributed by atoms with E-state index in [1.54, 1.807) is 36.4 Å². The zero-order chi connectivity index (χ0) is 17.7. The highest BCUT2D eigenvalue weighted by Crippen LogP contribution is 2.14. The molecule has 2 N–H and O–H groups in total. The Morgan fingerprint density at radius 2 is 1.48 bits per heavy atom. The molecule has 1 heterocycles. The van der Waals surface area contributed by atoms with Crippen LogP contribution in [0, 0.1) is 5.82 Å². The SMILES string of the molecule is O=S(=O)(Nc1ccc(NCc2ccc(F)cc2)nn1)c1ccccc1. The maximum Gasteiger partial charge on any atom is 0.263 e. The van der Waals surface area contributed by atoms with Crippen LogP contribution in [0.2, 0.25) is 0 Å². The summed E-state index contributed by atoms with van der Waals surface area (Å²) >= 11 is 0. The summed E-state index contributed by atoms with van der Waals surface area (Å²) in [6.45, 7) is 0.448. The molecule has 6 nitrogen and oxygen atoms in total. The fraction of sp³-hybridized carbons (Fsp3) is 0.0588. The summed E-state index contributed by atoms with van der Waals surface area (Å²) in [6, 6.07) is 17.2. The lowest BCUT2D eigenvalue weighted by Crippen LogP contribution is -2.14. The van der Waals surface area contributed by atoms with Gasteiger partial charge in [-0.15, -0.1) is 10.2 Å². The summed E-state index contributed by atoms with van der Waals surface area (Å²) in [5.41, 5.74) is 0.886. The Bertz CT molecular complexity index is 931. The van der Waals surface area contributed by atoms with Gasteiger partial charge in [0.25, 0.3) is 10.0 Å². The molecule has 3 rings (SSSR count). The largest absolute Gasteiger partial charge is 0.365 e. The molecule has 2 aromatic carbocycles. The molecule has 3 aromatic rings. The van der Waals surface area contributed by atoms with E-state index in [4.69, 9.17) is 0 Å². The summed E-state index contributed by atoms with van der Waals surface area (Å²) in [6.07, 6.45) is 0. The van der Waals surface area contributed by atoms with Crippen molar-refractivity contribution in [1.29, 1.82) is 0 Å². The van der Waals surface area contributed by atoms with Crippen molar-refractivity contribution in [2.24, 2.45) is 0 Å². The summed E-state index contributed by atoms with van der Waals surface area (Å²) in [4.78, 5) is 0.148. The molecular weight excluding hydrogens is 343 g/mol. The lowest BCUT2D eigenvalue weighted by atomic mass is 10.2. The standard InChI is InChI=1S/C17H15FN4O2S/c18-14-8-6-13(7-9-14)12-19-16-10-11-17(21-20-16)22-25(23,24)15-4-2-1-3-5-15/h1-11H,12H2,(H,19,20)(H,21,22). The zero-order valence-electron chi connectivity index (χ0n) is 13.1. The maximum absolute atomic E-state index is 12.9. The number of benzene rings is 2. The molecule has 128 valence electrons. The van der Waals surface area contributed by atoms with Gasteiger partial charge in [0, 0.05) is 6.54 Å². The summed E-state index contributed by atoms with van der Waals surface area (Å²) < 4.78 is 39.6. The number of anilines is 2. The monoisotopic (exact) mass is 358 g/mol. The van der Waals surface area contributed by atoms with E-state index in [1.807, 2.05) is 0 Å². The van der Waals surface area contributed by atoms with Crippen LogP contribution in [0.5, 0.6) is 0 Å². The molecular formula is C17H15FN4O2S. The van der Waals surface area contributed by atoms with Crippen molar-refractivity contribution in [3.05, 3.63) is 78.1 Å². The fourth-order valence-corrected chi connectivity index (χ4v) is 3.09. The van der Waals surface area contributed by atoms with Crippen LogP contribution in [-0.2, 0) is 16.6 Å². The lowest BCUT2D eigenvalue weighted by molar-refractivity contribution is 0.601. The van der Waals surface area contributed by atoms with Crippen molar-refractivity contribution in [2.75, 3.05) is 10.0 Å². The van der Waals surface area contributed by atoms with Crippen LogP contribution in [0.3, 0.4) is 0 Å². The van der Waals surface area contributed by atoms with Crippen molar-refractivity contribution in [3.63, 3.8) is 0 Å². The first-order valence-corrected chi connectivity index (χ1v) is 8.91. The van der Waals surface area contributed by atoms with Crippen LogP contribution >= 0.6 is 0 Å². The molecule has 0 spiro atoms. The number of nitrogens with one attached hydrogen (secondary N) is 2. The predicted octanol–water partition coefficient (Wildman–Crippen LogP) is 3.03. The molecule has 0 bridgehead atoms. The molecule has 0 saturated heterocycles. The minimum Gasteiger partial charge on any atom is -0.365 e. The Kier molecular flexibility index (Phi) is 4.90. The topological polar surface area (TPSA) is 84.0 Å². The second kappa shape index (κ2) is 7.27. The highest BCUT2D eigenvalue weighted by molar-refractivity contribution is 7.92. The van der Waals surface area contributed by atoms with Gasteiger partial charge in [-0.25, -0.2) is 12.8 Å². The average molecular weight is 358 g/mol. The van der Waals surface area contributed by atoms with E-state index >= 15 is 0 Å². The highest BCUT2D eigenvalue weighted by atomic mass is 32.2. The van der Waals surface area contributed by atoms with Gasteiger partial charge < -0.3 is 5.32 Å². The maximum atomic E-state index is 12.9. The Balaban J connectivity index is 1.63. The molecule has 1 aromatic heterocycles. The van der Waals surface area contributed by atoms with Gasteiger partial charge in [-0.1, -0.05) is 30.3 Å². The highest BCUT2D eigenvalue weighted by Gasteiger charge is 2.14. The smallest absolute Gasteiger partial charge is 0.263 e. The van der Waals surface area contributed by atoms with E-state index in [1.165, 1.54) is 30.3 Å². The van der Waals surface area contributed by atoms with E-state index in [0.717, 1.165) is 5.56 Å². The molecule has 0 unspecified atom stereocenters. The third kappa shape index (κ3) is 4.51. The molecule has 0 fully saturated rings. The second-order valence-electron chi connectivity index (χ2n) is 5.20. The molecule has 0 aliphatic rings. The van der Waals surface area contributed by atoms with Crippen molar-refractivity contribution < 1.29 is 12.8 Å². The number of halogens is 1. The van der Waals surface area contributed by atoms with E-state index in [2.05, 4.69) is 20.2 Å². The summed E-state index contributed by atoms with van der Waals surface area (Å²) in [5, 5.41) is 10.8. The Morgan fingerprint density at radius 3 is 2.12 bits per heavy atom. The number of aromatic nitrogens is 2. The number of sulfonamides is 1. The van der Waals surface area contributed by atoms with Gasteiger partial charge in [0.2, 0.25) is 0 Å². The number of rotatable bonds is 6. The van der Waals surface area contributed by atoms with Gasteiger partial charge in [0.15, 0.2) is 5.82 Å². The normalized spacial score (nSPS) is 11.1. The van der Waals surface area contributed by atoms with Gasteiger partial charge in [-0.2, -0.15) is 0 Å². The molecule has 0 saturated carbocycles. The van der Waals surface area contributed by atoms with Gasteiger partial charge in [0.1, 0.15) is 11.6 Å². The molecule has 8 heteroatoms. The molecule has 0 radical (unpaired) electrons. The summed E-state index contributed by atoms with van der Waals surface area (Å²) in [5.74, 6) is 0.307. The Morgan fingerprint density at radius 1 is 0.840 bits per heavy atom. The van der Waals surface area contributed by atoms with Crippen molar-refractivity contribution in [1.82, 2.24) is 10.2 Å². The first-order chi connectivity index (χ1) is 12.0. The van der Waals surface area contributed by atoms with Gasteiger partial charge >= 0.3 is 0 Å². The predicted molar refractivity (Wildman–Crippen MR) is 93.0 cm³/mol. The van der Waals surface area contributed by atoms with E-state index in [-0.39, 0.29) is 16.5 Å². The Labute approximate surface area is 144 Å². The van der Waals surface area contributed by atoms with Gasteiger partial charge in [-0.05, 0) is 42.0 Å². The van der Waals surface area contributed by atoms with Crippen LogP contribution in [0.4, 0.5) is 16.0 Å². The minimum atomic E-state index is -3.69. The van der Waals surface area contributed by atoms with E-state index < -0.39 is 10.0 Å². The van der Waals surface area contributed by atoms with Crippen molar-refractivity contribution in [3.8, 4) is 0 Å². The molecule has 0 aliphatic carbocycles. The quantitative estimate of drug-likeness (QED) is 0.708. The van der Waals surface area contributed by atoms with Gasteiger partial charge in [-0.3, -0.25) is 4.72 Å².